The van der Waals surface area contributed by atoms with Gasteiger partial charge in [0.1, 0.15) is 22.2 Å². The molecule has 0 spiro atoms. The third-order valence-corrected chi connectivity index (χ3v) is 6.42. The van der Waals surface area contributed by atoms with Crippen molar-refractivity contribution in [2.24, 2.45) is 0 Å². The number of fused-ring (bicyclic) bond motifs is 1. The highest BCUT2D eigenvalue weighted by Crippen LogP contribution is 2.35. The van der Waals surface area contributed by atoms with Gasteiger partial charge in [-0.25, -0.2) is 9.97 Å². The Morgan fingerprint density at radius 1 is 1.19 bits per heavy atom. The summed E-state index contributed by atoms with van der Waals surface area (Å²) in [5.74, 6) is 3.11. The van der Waals surface area contributed by atoms with Gasteiger partial charge in [0, 0.05) is 17.3 Å². The number of thiophene rings is 1. The average Bonchev–Trinajstić information content (AvgIpc) is 3.07. The number of rotatable bonds is 5. The lowest BCUT2D eigenvalue weighted by Gasteiger charge is -2.21. The molecule has 0 radical (unpaired) electrons. The predicted molar refractivity (Wildman–Crippen MR) is 113 cm³/mol. The van der Waals surface area contributed by atoms with Crippen molar-refractivity contribution >= 4 is 39.0 Å². The number of aromatic nitrogens is 2. The molecule has 0 saturated heterocycles. The van der Waals surface area contributed by atoms with Crippen LogP contribution in [0.3, 0.4) is 0 Å². The van der Waals surface area contributed by atoms with Crippen molar-refractivity contribution in [3.05, 3.63) is 45.6 Å². The lowest BCUT2D eigenvalue weighted by Crippen LogP contribution is -2.11. The molecule has 0 atom stereocenters. The molecule has 1 saturated carbocycles. The van der Waals surface area contributed by atoms with Crippen molar-refractivity contribution in [3.8, 4) is 5.75 Å². The van der Waals surface area contributed by atoms with Crippen molar-refractivity contribution in [2.45, 2.75) is 51.5 Å². The molecule has 4 rings (SSSR count). The quantitative estimate of drug-likeness (QED) is 0.543. The lowest BCUT2D eigenvalue weighted by molar-refractivity contribution is 0.415. The summed E-state index contributed by atoms with van der Waals surface area (Å²) in [6.07, 6.45) is 6.29. The van der Waals surface area contributed by atoms with Crippen molar-refractivity contribution in [1.29, 1.82) is 0 Å². The minimum Gasteiger partial charge on any atom is -0.495 e. The minimum absolute atomic E-state index is 0.488. The van der Waals surface area contributed by atoms with Crippen LogP contribution in [-0.4, -0.2) is 17.1 Å². The number of nitrogens with one attached hydrogen (secondary N) is 1. The van der Waals surface area contributed by atoms with E-state index in [0.29, 0.717) is 23.2 Å². The molecule has 2 heterocycles. The molecule has 1 aromatic carbocycles. The summed E-state index contributed by atoms with van der Waals surface area (Å²) in [6.45, 7) is 2.79. The smallest absolute Gasteiger partial charge is 0.138 e. The Balaban J connectivity index is 1.62. The van der Waals surface area contributed by atoms with Crippen LogP contribution in [0.1, 0.15) is 54.3 Å². The Labute approximate surface area is 168 Å². The van der Waals surface area contributed by atoms with Crippen molar-refractivity contribution in [1.82, 2.24) is 9.97 Å². The lowest BCUT2D eigenvalue weighted by atomic mass is 9.89. The summed E-state index contributed by atoms with van der Waals surface area (Å²) < 4.78 is 5.23. The van der Waals surface area contributed by atoms with Gasteiger partial charge < -0.3 is 10.1 Å². The number of halogens is 1. The number of ether oxygens (including phenoxy) is 1. The number of benzene rings is 1. The first-order valence-corrected chi connectivity index (χ1v) is 10.7. The fraction of sp³-hybridized carbons (Fsp3) is 0.429. The third kappa shape index (κ3) is 4.04. The molecule has 0 unspecified atom stereocenters. The van der Waals surface area contributed by atoms with E-state index in [1.54, 1.807) is 18.4 Å². The SMILES string of the molecule is COc1ccc(CNc2nc(C3CCCCC3)nc3sc(C)cc23)cc1Cl. The third-order valence-electron chi connectivity index (χ3n) is 5.18. The summed E-state index contributed by atoms with van der Waals surface area (Å²) in [7, 11) is 1.63. The summed E-state index contributed by atoms with van der Waals surface area (Å²) >= 11 is 8.00. The molecule has 2 aromatic heterocycles. The number of hydrogen-bond donors (Lipinski definition) is 1. The number of nitrogens with zero attached hydrogens (tertiary/aromatic N) is 2. The van der Waals surface area contributed by atoms with Gasteiger partial charge in [-0.05, 0) is 43.5 Å². The molecule has 27 heavy (non-hydrogen) atoms. The number of aryl methyl sites for hydroxylation is 1. The van der Waals surface area contributed by atoms with Gasteiger partial charge in [-0.2, -0.15) is 0 Å². The van der Waals surface area contributed by atoms with Gasteiger partial charge in [-0.1, -0.05) is 36.9 Å². The first-order valence-electron chi connectivity index (χ1n) is 9.48. The maximum absolute atomic E-state index is 6.26. The predicted octanol–water partition coefficient (Wildman–Crippen LogP) is 6.32. The number of methoxy groups -OCH3 is 1. The average molecular weight is 402 g/mol. The number of hydrogen-bond acceptors (Lipinski definition) is 5. The highest BCUT2D eigenvalue weighted by molar-refractivity contribution is 7.18. The zero-order chi connectivity index (χ0) is 18.8. The summed E-state index contributed by atoms with van der Waals surface area (Å²) in [5.41, 5.74) is 1.10. The Morgan fingerprint density at radius 3 is 2.74 bits per heavy atom. The van der Waals surface area contributed by atoms with Crippen molar-refractivity contribution < 1.29 is 4.74 Å². The molecule has 1 N–H and O–H groups in total. The topological polar surface area (TPSA) is 47.0 Å². The second kappa shape index (κ2) is 8.03. The Hall–Kier alpha value is -1.85. The second-order valence-electron chi connectivity index (χ2n) is 7.16. The van der Waals surface area contributed by atoms with Crippen LogP contribution >= 0.6 is 22.9 Å². The fourth-order valence-electron chi connectivity index (χ4n) is 3.74. The van der Waals surface area contributed by atoms with Gasteiger partial charge in [0.05, 0.1) is 17.5 Å². The highest BCUT2D eigenvalue weighted by atomic mass is 35.5. The van der Waals surface area contributed by atoms with Crippen LogP contribution in [0, 0.1) is 6.92 Å². The van der Waals surface area contributed by atoms with Crippen LogP contribution in [0.2, 0.25) is 5.02 Å². The molecular weight excluding hydrogens is 378 g/mol. The van der Waals surface area contributed by atoms with E-state index in [1.807, 2.05) is 18.2 Å². The monoisotopic (exact) mass is 401 g/mol. The zero-order valence-electron chi connectivity index (χ0n) is 15.7. The zero-order valence-corrected chi connectivity index (χ0v) is 17.3. The molecule has 0 bridgehead atoms. The molecule has 3 aromatic rings. The van der Waals surface area contributed by atoms with Crippen molar-refractivity contribution in [2.75, 3.05) is 12.4 Å². The maximum Gasteiger partial charge on any atom is 0.138 e. The van der Waals surface area contributed by atoms with E-state index in [1.165, 1.54) is 37.0 Å². The highest BCUT2D eigenvalue weighted by Gasteiger charge is 2.20. The van der Waals surface area contributed by atoms with E-state index in [2.05, 4.69) is 18.3 Å². The molecular formula is C21H24ClN3OS. The maximum atomic E-state index is 6.26. The van der Waals surface area contributed by atoms with E-state index >= 15 is 0 Å². The molecule has 4 nitrogen and oxygen atoms in total. The van der Waals surface area contributed by atoms with Gasteiger partial charge in [-0.3, -0.25) is 0 Å². The van der Waals surface area contributed by atoms with E-state index in [9.17, 15) is 0 Å². The van der Waals surface area contributed by atoms with Crippen LogP contribution < -0.4 is 10.1 Å². The largest absolute Gasteiger partial charge is 0.495 e. The van der Waals surface area contributed by atoms with Crippen LogP contribution in [0.25, 0.3) is 10.2 Å². The van der Waals surface area contributed by atoms with Gasteiger partial charge in [0.15, 0.2) is 0 Å². The van der Waals surface area contributed by atoms with E-state index in [-0.39, 0.29) is 0 Å². The molecule has 0 aliphatic heterocycles. The van der Waals surface area contributed by atoms with Gasteiger partial charge in [-0.15, -0.1) is 11.3 Å². The molecule has 142 valence electrons. The second-order valence-corrected chi connectivity index (χ2v) is 8.81. The van der Waals surface area contributed by atoms with Gasteiger partial charge >= 0.3 is 0 Å². The summed E-state index contributed by atoms with van der Waals surface area (Å²) in [5, 5.41) is 5.25. The van der Waals surface area contributed by atoms with Crippen molar-refractivity contribution in [3.63, 3.8) is 0 Å². The fourth-order valence-corrected chi connectivity index (χ4v) is 4.91. The first-order chi connectivity index (χ1) is 13.1. The molecule has 1 aliphatic rings. The van der Waals surface area contributed by atoms with E-state index in [0.717, 1.165) is 27.4 Å². The number of anilines is 1. The van der Waals surface area contributed by atoms with Crippen LogP contribution in [-0.2, 0) is 6.54 Å². The summed E-state index contributed by atoms with van der Waals surface area (Å²) in [6, 6.07) is 8.04. The van der Waals surface area contributed by atoms with E-state index in [4.69, 9.17) is 26.3 Å². The van der Waals surface area contributed by atoms with E-state index < -0.39 is 0 Å². The molecule has 1 aliphatic carbocycles. The minimum atomic E-state index is 0.488. The van der Waals surface area contributed by atoms with Gasteiger partial charge in [0.2, 0.25) is 0 Å². The van der Waals surface area contributed by atoms with Crippen LogP contribution in [0.4, 0.5) is 5.82 Å². The first kappa shape index (κ1) is 18.5. The molecule has 0 amide bonds. The standard InChI is InChI=1S/C21H24ClN3OS/c1-13-10-16-20(23-12-14-8-9-18(26-2)17(22)11-14)24-19(25-21(16)27-13)15-6-4-3-5-7-15/h8-11,15H,3-7,12H2,1-2H3,(H,23,24,25). The summed E-state index contributed by atoms with van der Waals surface area (Å²) in [4.78, 5) is 12.2. The van der Waals surface area contributed by atoms with Gasteiger partial charge in [0.25, 0.3) is 0 Å². The normalized spacial score (nSPS) is 15.2. The van der Waals surface area contributed by atoms with Crippen LogP contribution in [0.15, 0.2) is 24.3 Å². The molecule has 1 fully saturated rings. The molecule has 6 heteroatoms. The van der Waals surface area contributed by atoms with Crippen LogP contribution in [0.5, 0.6) is 5.75 Å². The Morgan fingerprint density at radius 2 is 2.00 bits per heavy atom. The Kier molecular flexibility index (Phi) is 5.50. The Bertz CT molecular complexity index is 950.